The van der Waals surface area contributed by atoms with Gasteiger partial charge in [0.2, 0.25) is 0 Å². The highest BCUT2D eigenvalue weighted by molar-refractivity contribution is 6.31. The molecule has 0 bridgehead atoms. The van der Waals surface area contributed by atoms with Crippen molar-refractivity contribution in [2.45, 2.75) is 13.0 Å². The standard InChI is InChI=1S/C21H25ClN2O3.ClH/c1-2-27-17-7-5-6-16(14-17)21(25)23-15-20(24-10-12-26-13-11-24)18-8-3-4-9-19(18)22;/h3-9,14,20H,2,10-13,15H2,1H3,(H,23,25);1H. The number of hydrogen-bond acceptors (Lipinski definition) is 4. The Balaban J connectivity index is 0.00000280. The van der Waals surface area contributed by atoms with E-state index in [1.807, 2.05) is 43.3 Å². The first-order valence-electron chi connectivity index (χ1n) is 9.26. The van der Waals surface area contributed by atoms with Crippen molar-refractivity contribution in [3.63, 3.8) is 0 Å². The lowest BCUT2D eigenvalue weighted by molar-refractivity contribution is 0.0162. The zero-order valence-corrected chi connectivity index (χ0v) is 17.5. The van der Waals surface area contributed by atoms with E-state index in [9.17, 15) is 4.79 Å². The van der Waals surface area contributed by atoms with Crippen LogP contribution in [0.4, 0.5) is 0 Å². The topological polar surface area (TPSA) is 50.8 Å². The van der Waals surface area contributed by atoms with Gasteiger partial charge in [-0.2, -0.15) is 0 Å². The van der Waals surface area contributed by atoms with Crippen LogP contribution in [0.25, 0.3) is 0 Å². The van der Waals surface area contributed by atoms with E-state index in [0.717, 1.165) is 18.7 Å². The highest BCUT2D eigenvalue weighted by Crippen LogP contribution is 2.28. The van der Waals surface area contributed by atoms with Gasteiger partial charge in [0.25, 0.3) is 5.91 Å². The van der Waals surface area contributed by atoms with Crippen molar-refractivity contribution in [2.24, 2.45) is 0 Å². The van der Waals surface area contributed by atoms with Gasteiger partial charge >= 0.3 is 0 Å². The molecule has 28 heavy (non-hydrogen) atoms. The van der Waals surface area contributed by atoms with E-state index in [2.05, 4.69) is 10.2 Å². The van der Waals surface area contributed by atoms with Crippen LogP contribution in [0.2, 0.25) is 5.02 Å². The predicted octanol–water partition coefficient (Wildman–Crippen LogP) is 3.96. The normalized spacial score (nSPS) is 15.4. The van der Waals surface area contributed by atoms with Crippen LogP contribution in [0.3, 0.4) is 0 Å². The summed E-state index contributed by atoms with van der Waals surface area (Å²) in [7, 11) is 0. The number of hydrogen-bond donors (Lipinski definition) is 1. The van der Waals surface area contributed by atoms with Crippen LogP contribution >= 0.6 is 24.0 Å². The van der Waals surface area contributed by atoms with Crippen molar-refractivity contribution < 1.29 is 14.3 Å². The molecular weight excluding hydrogens is 399 g/mol. The molecule has 1 heterocycles. The lowest BCUT2D eigenvalue weighted by Crippen LogP contribution is -2.44. The van der Waals surface area contributed by atoms with E-state index < -0.39 is 0 Å². The third kappa shape index (κ3) is 5.85. The summed E-state index contributed by atoms with van der Waals surface area (Å²) < 4.78 is 11.0. The number of nitrogens with zero attached hydrogens (tertiary/aromatic N) is 1. The van der Waals surface area contributed by atoms with E-state index in [-0.39, 0.29) is 24.4 Å². The average Bonchev–Trinajstić information content (AvgIpc) is 2.70. The molecule has 1 aliphatic heterocycles. The summed E-state index contributed by atoms with van der Waals surface area (Å²) in [5.74, 6) is 0.572. The Morgan fingerprint density at radius 2 is 1.96 bits per heavy atom. The molecule has 0 spiro atoms. The summed E-state index contributed by atoms with van der Waals surface area (Å²) in [5.41, 5.74) is 1.60. The molecule has 7 heteroatoms. The van der Waals surface area contributed by atoms with Gasteiger partial charge in [-0.1, -0.05) is 35.9 Å². The van der Waals surface area contributed by atoms with Gasteiger partial charge in [-0.3, -0.25) is 9.69 Å². The van der Waals surface area contributed by atoms with Crippen LogP contribution < -0.4 is 10.1 Å². The van der Waals surface area contributed by atoms with Crippen LogP contribution in [0.5, 0.6) is 5.75 Å². The first kappa shape index (κ1) is 22.5. The molecule has 1 atom stereocenters. The Morgan fingerprint density at radius 1 is 1.21 bits per heavy atom. The zero-order valence-electron chi connectivity index (χ0n) is 15.9. The molecule has 0 aliphatic carbocycles. The maximum absolute atomic E-state index is 12.7. The molecule has 1 fully saturated rings. The third-order valence-electron chi connectivity index (χ3n) is 4.61. The van der Waals surface area contributed by atoms with Crippen LogP contribution in [0, 0.1) is 0 Å². The summed E-state index contributed by atoms with van der Waals surface area (Å²) in [6.07, 6.45) is 0. The molecule has 1 amide bonds. The van der Waals surface area contributed by atoms with Gasteiger partial charge in [0.1, 0.15) is 5.75 Å². The molecule has 5 nitrogen and oxygen atoms in total. The van der Waals surface area contributed by atoms with Crippen LogP contribution in [0.1, 0.15) is 28.9 Å². The Bertz CT molecular complexity index is 767. The zero-order chi connectivity index (χ0) is 19.1. The van der Waals surface area contributed by atoms with E-state index in [4.69, 9.17) is 21.1 Å². The largest absolute Gasteiger partial charge is 0.494 e. The predicted molar refractivity (Wildman–Crippen MR) is 114 cm³/mol. The second-order valence-electron chi connectivity index (χ2n) is 6.36. The Kier molecular flexibility index (Phi) is 9.06. The fraction of sp³-hybridized carbons (Fsp3) is 0.381. The van der Waals surface area contributed by atoms with Gasteiger partial charge in [0.15, 0.2) is 0 Å². The fourth-order valence-electron chi connectivity index (χ4n) is 3.26. The Morgan fingerprint density at radius 3 is 2.68 bits per heavy atom. The van der Waals surface area contributed by atoms with Crippen molar-refractivity contribution >= 4 is 29.9 Å². The summed E-state index contributed by atoms with van der Waals surface area (Å²) in [5, 5.41) is 3.77. The van der Waals surface area contributed by atoms with Crippen LogP contribution in [0.15, 0.2) is 48.5 Å². The van der Waals surface area contributed by atoms with Gasteiger partial charge in [0.05, 0.1) is 25.9 Å². The molecular formula is C21H26Cl2N2O3. The molecule has 1 aliphatic rings. The highest BCUT2D eigenvalue weighted by Gasteiger charge is 2.25. The maximum atomic E-state index is 12.7. The highest BCUT2D eigenvalue weighted by atomic mass is 35.5. The Hall–Kier alpha value is -1.79. The van der Waals surface area contributed by atoms with E-state index in [0.29, 0.717) is 42.7 Å². The molecule has 2 aromatic rings. The van der Waals surface area contributed by atoms with Crippen molar-refractivity contribution in [1.29, 1.82) is 0 Å². The number of carbonyl (C=O) groups is 1. The first-order valence-corrected chi connectivity index (χ1v) is 9.64. The van der Waals surface area contributed by atoms with E-state index >= 15 is 0 Å². The number of benzene rings is 2. The number of morpholine rings is 1. The van der Waals surface area contributed by atoms with E-state index in [1.165, 1.54) is 0 Å². The quantitative estimate of drug-likeness (QED) is 0.730. The van der Waals surface area contributed by atoms with Crippen molar-refractivity contribution in [1.82, 2.24) is 10.2 Å². The molecule has 2 aromatic carbocycles. The van der Waals surface area contributed by atoms with Crippen LogP contribution in [-0.2, 0) is 4.74 Å². The smallest absolute Gasteiger partial charge is 0.251 e. The SMILES string of the molecule is CCOc1cccc(C(=O)NCC(c2ccccc2Cl)N2CCOCC2)c1.Cl. The van der Waals surface area contributed by atoms with Gasteiger partial charge in [-0.15, -0.1) is 12.4 Å². The van der Waals surface area contributed by atoms with Crippen molar-refractivity contribution in [3.8, 4) is 5.75 Å². The van der Waals surface area contributed by atoms with Gasteiger partial charge in [0, 0.05) is 30.2 Å². The molecule has 0 radical (unpaired) electrons. The molecule has 1 N–H and O–H groups in total. The van der Waals surface area contributed by atoms with Crippen molar-refractivity contribution in [2.75, 3.05) is 39.5 Å². The van der Waals surface area contributed by atoms with Crippen molar-refractivity contribution in [3.05, 3.63) is 64.7 Å². The second kappa shape index (κ2) is 11.3. The number of carbonyl (C=O) groups excluding carboxylic acids is 1. The number of ether oxygens (including phenoxy) is 2. The van der Waals surface area contributed by atoms with E-state index in [1.54, 1.807) is 12.1 Å². The Labute approximate surface area is 177 Å². The third-order valence-corrected chi connectivity index (χ3v) is 4.96. The minimum absolute atomic E-state index is 0. The second-order valence-corrected chi connectivity index (χ2v) is 6.76. The molecule has 3 rings (SSSR count). The number of halogens is 2. The first-order chi connectivity index (χ1) is 13.2. The number of nitrogens with one attached hydrogen (secondary N) is 1. The number of rotatable bonds is 7. The van der Waals surface area contributed by atoms with Crippen LogP contribution in [-0.4, -0.2) is 50.3 Å². The summed E-state index contributed by atoms with van der Waals surface area (Å²) >= 11 is 6.44. The van der Waals surface area contributed by atoms with Gasteiger partial charge in [-0.05, 0) is 36.8 Å². The summed E-state index contributed by atoms with van der Waals surface area (Å²) in [4.78, 5) is 15.0. The van der Waals surface area contributed by atoms with Gasteiger partial charge in [-0.25, -0.2) is 0 Å². The molecule has 1 unspecified atom stereocenters. The minimum Gasteiger partial charge on any atom is -0.494 e. The maximum Gasteiger partial charge on any atom is 0.251 e. The minimum atomic E-state index is -0.123. The lowest BCUT2D eigenvalue weighted by Gasteiger charge is -2.35. The molecule has 0 saturated carbocycles. The fourth-order valence-corrected chi connectivity index (χ4v) is 3.52. The monoisotopic (exact) mass is 424 g/mol. The molecule has 0 aromatic heterocycles. The van der Waals surface area contributed by atoms with Gasteiger partial charge < -0.3 is 14.8 Å². The summed E-state index contributed by atoms with van der Waals surface area (Å²) in [6, 6.07) is 15.0. The summed E-state index contributed by atoms with van der Waals surface area (Å²) in [6.45, 7) is 5.95. The lowest BCUT2D eigenvalue weighted by atomic mass is 10.0. The average molecular weight is 425 g/mol. The molecule has 1 saturated heterocycles. The number of amides is 1. The molecule has 152 valence electrons.